The maximum Gasteiger partial charge on any atom is 0.313 e. The second-order valence-corrected chi connectivity index (χ2v) is 4.81. The SMILES string of the molecule is C=CCCCC(C(=O)OCC)c1c[nH]c2ccccc12. The predicted octanol–water partition coefficient (Wildman–Crippen LogP) is 4.17. The highest BCUT2D eigenvalue weighted by Gasteiger charge is 2.24. The average Bonchev–Trinajstić information content (AvgIpc) is 2.88. The van der Waals surface area contributed by atoms with Crippen LogP contribution < -0.4 is 0 Å². The second kappa shape index (κ2) is 6.94. The molecule has 0 saturated heterocycles. The highest BCUT2D eigenvalue weighted by atomic mass is 16.5. The Labute approximate surface area is 119 Å². The van der Waals surface area contributed by atoms with Gasteiger partial charge in [0, 0.05) is 17.1 Å². The first-order valence-corrected chi connectivity index (χ1v) is 7.11. The number of fused-ring (bicyclic) bond motifs is 1. The molecule has 2 aromatic rings. The van der Waals surface area contributed by atoms with Crippen LogP contribution in [0.25, 0.3) is 10.9 Å². The fraction of sp³-hybridized carbons (Fsp3) is 0.353. The molecule has 1 atom stereocenters. The van der Waals surface area contributed by atoms with Gasteiger partial charge in [0.15, 0.2) is 0 Å². The zero-order valence-electron chi connectivity index (χ0n) is 11.9. The van der Waals surface area contributed by atoms with Crippen molar-refractivity contribution in [1.82, 2.24) is 4.98 Å². The molecule has 0 saturated carbocycles. The fourth-order valence-electron chi connectivity index (χ4n) is 2.49. The van der Waals surface area contributed by atoms with Crippen LogP contribution in [0.3, 0.4) is 0 Å². The Balaban J connectivity index is 2.29. The largest absolute Gasteiger partial charge is 0.466 e. The van der Waals surface area contributed by atoms with Crippen molar-refractivity contribution in [2.45, 2.75) is 32.1 Å². The smallest absolute Gasteiger partial charge is 0.313 e. The van der Waals surface area contributed by atoms with Gasteiger partial charge in [-0.1, -0.05) is 24.3 Å². The lowest BCUT2D eigenvalue weighted by molar-refractivity contribution is -0.145. The van der Waals surface area contributed by atoms with Crippen LogP contribution in [-0.2, 0) is 9.53 Å². The molecule has 0 amide bonds. The number of rotatable bonds is 7. The van der Waals surface area contributed by atoms with Gasteiger partial charge in [-0.05, 0) is 37.8 Å². The molecule has 0 spiro atoms. The number of carbonyl (C=O) groups excluding carboxylic acids is 1. The summed E-state index contributed by atoms with van der Waals surface area (Å²) in [5, 5.41) is 1.10. The van der Waals surface area contributed by atoms with Gasteiger partial charge in [-0.2, -0.15) is 0 Å². The lowest BCUT2D eigenvalue weighted by Crippen LogP contribution is -2.15. The maximum absolute atomic E-state index is 12.2. The Hall–Kier alpha value is -2.03. The van der Waals surface area contributed by atoms with Gasteiger partial charge in [0.25, 0.3) is 0 Å². The first kappa shape index (κ1) is 14.4. The molecule has 3 nitrogen and oxygen atoms in total. The fourth-order valence-corrected chi connectivity index (χ4v) is 2.49. The van der Waals surface area contributed by atoms with E-state index in [1.807, 2.05) is 43.5 Å². The normalized spacial score (nSPS) is 12.2. The highest BCUT2D eigenvalue weighted by Crippen LogP contribution is 2.30. The number of ether oxygens (including phenoxy) is 1. The molecule has 0 fully saturated rings. The molecule has 1 heterocycles. The number of aromatic nitrogens is 1. The van der Waals surface area contributed by atoms with Crippen molar-refractivity contribution in [2.75, 3.05) is 6.61 Å². The number of hydrogen-bond acceptors (Lipinski definition) is 2. The quantitative estimate of drug-likeness (QED) is 0.466. The lowest BCUT2D eigenvalue weighted by atomic mass is 9.93. The zero-order chi connectivity index (χ0) is 14.4. The summed E-state index contributed by atoms with van der Waals surface area (Å²) in [7, 11) is 0. The van der Waals surface area contributed by atoms with Crippen LogP contribution in [-0.4, -0.2) is 17.6 Å². The van der Waals surface area contributed by atoms with Gasteiger partial charge in [-0.3, -0.25) is 4.79 Å². The molecule has 0 aliphatic carbocycles. The van der Waals surface area contributed by atoms with Crippen LogP contribution in [0.4, 0.5) is 0 Å². The summed E-state index contributed by atoms with van der Waals surface area (Å²) in [4.78, 5) is 15.4. The minimum absolute atomic E-state index is 0.138. The Kier molecular flexibility index (Phi) is 4.99. The number of esters is 1. The van der Waals surface area contributed by atoms with Crippen LogP contribution in [0, 0.1) is 0 Å². The van der Waals surface area contributed by atoms with Crippen molar-refractivity contribution in [2.24, 2.45) is 0 Å². The van der Waals surface area contributed by atoms with Crippen LogP contribution in [0.5, 0.6) is 0 Å². The number of H-pyrrole nitrogens is 1. The molecule has 2 rings (SSSR count). The van der Waals surface area contributed by atoms with E-state index in [-0.39, 0.29) is 11.9 Å². The van der Waals surface area contributed by atoms with Crippen molar-refractivity contribution in [3.05, 3.63) is 48.7 Å². The van der Waals surface area contributed by atoms with E-state index in [1.54, 1.807) is 0 Å². The van der Waals surface area contributed by atoms with Crippen molar-refractivity contribution < 1.29 is 9.53 Å². The Bertz CT molecular complexity index is 585. The van der Waals surface area contributed by atoms with Gasteiger partial charge in [0.05, 0.1) is 12.5 Å². The molecular formula is C17H21NO2. The second-order valence-electron chi connectivity index (χ2n) is 4.81. The summed E-state index contributed by atoms with van der Waals surface area (Å²) in [5.41, 5.74) is 2.09. The van der Waals surface area contributed by atoms with E-state index in [2.05, 4.69) is 11.6 Å². The molecule has 1 aromatic carbocycles. The third-order valence-corrected chi connectivity index (χ3v) is 3.47. The minimum Gasteiger partial charge on any atom is -0.466 e. The lowest BCUT2D eigenvalue weighted by Gasteiger charge is -2.14. The van der Waals surface area contributed by atoms with E-state index < -0.39 is 0 Å². The molecule has 1 aromatic heterocycles. The molecule has 1 unspecified atom stereocenters. The number of allylic oxidation sites excluding steroid dienone is 1. The third kappa shape index (κ3) is 3.10. The molecule has 1 N–H and O–H groups in total. The molecule has 106 valence electrons. The van der Waals surface area contributed by atoms with Gasteiger partial charge in [0.1, 0.15) is 0 Å². The third-order valence-electron chi connectivity index (χ3n) is 3.47. The van der Waals surface area contributed by atoms with E-state index >= 15 is 0 Å². The van der Waals surface area contributed by atoms with Crippen LogP contribution >= 0.6 is 0 Å². The van der Waals surface area contributed by atoms with Gasteiger partial charge in [-0.15, -0.1) is 6.58 Å². The van der Waals surface area contributed by atoms with Gasteiger partial charge >= 0.3 is 5.97 Å². The molecular weight excluding hydrogens is 250 g/mol. The Morgan fingerprint density at radius 1 is 1.45 bits per heavy atom. The minimum atomic E-state index is -0.203. The van der Waals surface area contributed by atoms with E-state index in [0.29, 0.717) is 6.61 Å². The Morgan fingerprint density at radius 2 is 2.25 bits per heavy atom. The van der Waals surface area contributed by atoms with E-state index in [4.69, 9.17) is 4.74 Å². The summed E-state index contributed by atoms with van der Waals surface area (Å²) < 4.78 is 5.23. The summed E-state index contributed by atoms with van der Waals surface area (Å²) in [6, 6.07) is 8.04. The van der Waals surface area contributed by atoms with Crippen molar-refractivity contribution >= 4 is 16.9 Å². The van der Waals surface area contributed by atoms with Gasteiger partial charge < -0.3 is 9.72 Å². The average molecular weight is 271 g/mol. The summed E-state index contributed by atoms with van der Waals surface area (Å²) in [6.07, 6.45) is 6.45. The standard InChI is InChI=1S/C17H21NO2/c1-3-5-6-10-14(17(19)20-4-2)15-12-18-16-11-8-7-9-13(15)16/h3,7-9,11-12,14,18H,1,4-6,10H2,2H3. The number of aromatic amines is 1. The van der Waals surface area contributed by atoms with Crippen molar-refractivity contribution in [1.29, 1.82) is 0 Å². The number of nitrogens with one attached hydrogen (secondary N) is 1. The van der Waals surface area contributed by atoms with Crippen LogP contribution in [0.1, 0.15) is 37.7 Å². The number of para-hydroxylation sites is 1. The van der Waals surface area contributed by atoms with Crippen molar-refractivity contribution in [3.8, 4) is 0 Å². The van der Waals surface area contributed by atoms with Crippen LogP contribution in [0.2, 0.25) is 0 Å². The molecule has 0 aliphatic heterocycles. The molecule has 0 bridgehead atoms. The van der Waals surface area contributed by atoms with E-state index in [1.165, 1.54) is 0 Å². The van der Waals surface area contributed by atoms with Crippen LogP contribution in [0.15, 0.2) is 43.1 Å². The highest BCUT2D eigenvalue weighted by molar-refractivity contribution is 5.89. The zero-order valence-corrected chi connectivity index (χ0v) is 11.9. The molecule has 0 radical (unpaired) electrons. The van der Waals surface area contributed by atoms with E-state index in [9.17, 15) is 4.79 Å². The summed E-state index contributed by atoms with van der Waals surface area (Å²) in [5.74, 6) is -0.340. The van der Waals surface area contributed by atoms with Crippen molar-refractivity contribution in [3.63, 3.8) is 0 Å². The first-order chi connectivity index (χ1) is 9.77. The molecule has 3 heteroatoms. The topological polar surface area (TPSA) is 42.1 Å². The first-order valence-electron chi connectivity index (χ1n) is 7.11. The van der Waals surface area contributed by atoms with Gasteiger partial charge in [0.2, 0.25) is 0 Å². The number of unbranched alkanes of at least 4 members (excludes halogenated alkanes) is 1. The monoisotopic (exact) mass is 271 g/mol. The molecule has 20 heavy (non-hydrogen) atoms. The van der Waals surface area contributed by atoms with Gasteiger partial charge in [-0.25, -0.2) is 0 Å². The number of hydrogen-bond donors (Lipinski definition) is 1. The van der Waals surface area contributed by atoms with E-state index in [0.717, 1.165) is 35.7 Å². The predicted molar refractivity (Wildman–Crippen MR) is 81.7 cm³/mol. The summed E-state index contributed by atoms with van der Waals surface area (Å²) in [6.45, 7) is 5.99. The Morgan fingerprint density at radius 3 is 3.00 bits per heavy atom. The summed E-state index contributed by atoms with van der Waals surface area (Å²) >= 11 is 0. The number of carbonyl (C=O) groups is 1. The molecule has 0 aliphatic rings. The number of benzene rings is 1. The maximum atomic E-state index is 12.2.